The predicted octanol–water partition coefficient (Wildman–Crippen LogP) is 6.34. The second kappa shape index (κ2) is 9.28. The van der Waals surface area contributed by atoms with Gasteiger partial charge in [0.05, 0.1) is 12.5 Å². The number of hydrogen-bond acceptors (Lipinski definition) is 1. The van der Waals surface area contributed by atoms with Crippen LogP contribution < -0.4 is 4.74 Å². The van der Waals surface area contributed by atoms with Gasteiger partial charge in [0.25, 0.3) is 0 Å². The molecular formula is C18H29ClO. The van der Waals surface area contributed by atoms with Crippen LogP contribution in [0.3, 0.4) is 0 Å². The third-order valence-electron chi connectivity index (χ3n) is 3.86. The van der Waals surface area contributed by atoms with Gasteiger partial charge in [0.2, 0.25) is 0 Å². The molecule has 0 heterocycles. The number of rotatable bonds is 9. The van der Waals surface area contributed by atoms with Gasteiger partial charge in [-0.3, -0.25) is 0 Å². The van der Waals surface area contributed by atoms with Crippen LogP contribution in [-0.4, -0.2) is 7.11 Å². The van der Waals surface area contributed by atoms with Gasteiger partial charge in [-0.15, -0.1) is 11.6 Å². The predicted molar refractivity (Wildman–Crippen MR) is 89.1 cm³/mol. The average molecular weight is 297 g/mol. The number of methoxy groups -OCH3 is 1. The molecule has 0 aliphatic rings. The Morgan fingerprint density at radius 1 is 1.00 bits per heavy atom. The van der Waals surface area contributed by atoms with Crippen LogP contribution in [0.2, 0.25) is 0 Å². The largest absolute Gasteiger partial charge is 0.496 e. The van der Waals surface area contributed by atoms with E-state index < -0.39 is 0 Å². The zero-order valence-corrected chi connectivity index (χ0v) is 14.2. The summed E-state index contributed by atoms with van der Waals surface area (Å²) in [5, 5.41) is 0.129. The minimum Gasteiger partial charge on any atom is -0.496 e. The molecule has 0 N–H and O–H groups in total. The molecular weight excluding hydrogens is 268 g/mol. The Bertz CT molecular complexity index is 377. The van der Waals surface area contributed by atoms with Crippen LogP contribution >= 0.6 is 11.6 Å². The van der Waals surface area contributed by atoms with E-state index in [2.05, 4.69) is 32.9 Å². The Kier molecular flexibility index (Phi) is 8.06. The number of alkyl halides is 1. The average Bonchev–Trinajstić information content (AvgIpc) is 2.42. The first kappa shape index (κ1) is 17.4. The number of ether oxygens (including phenoxy) is 1. The van der Waals surface area contributed by atoms with Gasteiger partial charge >= 0.3 is 0 Å². The van der Waals surface area contributed by atoms with E-state index in [4.69, 9.17) is 16.3 Å². The molecule has 0 saturated carbocycles. The lowest BCUT2D eigenvalue weighted by Gasteiger charge is -2.15. The van der Waals surface area contributed by atoms with Crippen LogP contribution in [0.4, 0.5) is 0 Å². The quantitative estimate of drug-likeness (QED) is 0.381. The lowest BCUT2D eigenvalue weighted by molar-refractivity contribution is 0.408. The fourth-order valence-corrected chi connectivity index (χ4v) is 3.04. The molecule has 1 aromatic carbocycles. The Morgan fingerprint density at radius 2 is 1.55 bits per heavy atom. The van der Waals surface area contributed by atoms with E-state index in [1.165, 1.54) is 55.2 Å². The van der Waals surface area contributed by atoms with E-state index in [9.17, 15) is 0 Å². The van der Waals surface area contributed by atoms with E-state index in [-0.39, 0.29) is 5.38 Å². The van der Waals surface area contributed by atoms with E-state index in [0.717, 1.165) is 12.2 Å². The lowest BCUT2D eigenvalue weighted by atomic mass is 10.00. The molecule has 114 valence electrons. The normalized spacial score (nSPS) is 12.4. The highest BCUT2D eigenvalue weighted by Crippen LogP contribution is 2.32. The van der Waals surface area contributed by atoms with Gasteiger partial charge in [-0.05, 0) is 37.0 Å². The molecule has 1 unspecified atom stereocenters. The molecule has 0 saturated heterocycles. The zero-order valence-electron chi connectivity index (χ0n) is 13.5. The first-order valence-electron chi connectivity index (χ1n) is 7.89. The molecule has 1 atom stereocenters. The summed E-state index contributed by atoms with van der Waals surface area (Å²) < 4.78 is 5.40. The van der Waals surface area contributed by atoms with E-state index in [1.54, 1.807) is 7.11 Å². The molecule has 0 amide bonds. The SMILES string of the molecule is CCCCCCCCC(Cl)c1cc(C)c(OC)c(C)c1. The molecule has 1 nitrogen and oxygen atoms in total. The van der Waals surface area contributed by atoms with Gasteiger partial charge in [0.1, 0.15) is 5.75 Å². The summed E-state index contributed by atoms with van der Waals surface area (Å²) in [6.45, 7) is 6.43. The van der Waals surface area contributed by atoms with Crippen molar-refractivity contribution in [2.45, 2.75) is 71.1 Å². The van der Waals surface area contributed by atoms with Crippen LogP contribution in [0, 0.1) is 13.8 Å². The van der Waals surface area contributed by atoms with Crippen molar-refractivity contribution in [3.63, 3.8) is 0 Å². The number of aryl methyl sites for hydroxylation is 2. The highest BCUT2D eigenvalue weighted by Gasteiger charge is 2.12. The standard InChI is InChI=1S/C18H29ClO/c1-5-6-7-8-9-10-11-17(19)16-12-14(2)18(20-4)15(3)13-16/h12-13,17H,5-11H2,1-4H3. The van der Waals surface area contributed by atoms with Crippen molar-refractivity contribution in [3.05, 3.63) is 28.8 Å². The first-order valence-corrected chi connectivity index (χ1v) is 8.33. The molecule has 0 aliphatic carbocycles. The Balaban J connectivity index is 2.45. The first-order chi connectivity index (χ1) is 9.60. The van der Waals surface area contributed by atoms with Gasteiger partial charge in [-0.25, -0.2) is 0 Å². The molecule has 1 aromatic rings. The fourth-order valence-electron chi connectivity index (χ4n) is 2.76. The molecule has 0 spiro atoms. The van der Waals surface area contributed by atoms with Crippen molar-refractivity contribution in [1.29, 1.82) is 0 Å². The number of halogens is 1. The molecule has 20 heavy (non-hydrogen) atoms. The molecule has 1 rings (SSSR count). The second-order valence-electron chi connectivity index (χ2n) is 5.71. The minimum absolute atomic E-state index is 0.129. The maximum Gasteiger partial charge on any atom is 0.124 e. The van der Waals surface area contributed by atoms with Crippen LogP contribution in [0.25, 0.3) is 0 Å². The lowest BCUT2D eigenvalue weighted by Crippen LogP contribution is -1.97. The van der Waals surface area contributed by atoms with E-state index in [0.29, 0.717) is 0 Å². The molecule has 0 aromatic heterocycles. The maximum absolute atomic E-state index is 6.54. The number of unbranched alkanes of at least 4 members (excludes halogenated alkanes) is 5. The molecule has 0 radical (unpaired) electrons. The third-order valence-corrected chi connectivity index (χ3v) is 4.33. The number of benzene rings is 1. The summed E-state index contributed by atoms with van der Waals surface area (Å²) in [5.41, 5.74) is 3.59. The van der Waals surface area contributed by atoms with Crippen LogP contribution in [0.1, 0.15) is 73.9 Å². The third kappa shape index (κ3) is 5.36. The van der Waals surface area contributed by atoms with Crippen LogP contribution in [0.15, 0.2) is 12.1 Å². The van der Waals surface area contributed by atoms with Crippen molar-refractivity contribution < 1.29 is 4.74 Å². The zero-order chi connectivity index (χ0) is 15.0. The topological polar surface area (TPSA) is 9.23 Å². The summed E-state index contributed by atoms with van der Waals surface area (Å²) in [4.78, 5) is 0. The Labute approximate surface area is 129 Å². The van der Waals surface area contributed by atoms with Gasteiger partial charge in [-0.1, -0.05) is 57.6 Å². The summed E-state index contributed by atoms with van der Waals surface area (Å²) >= 11 is 6.54. The van der Waals surface area contributed by atoms with Crippen molar-refractivity contribution in [1.82, 2.24) is 0 Å². The van der Waals surface area contributed by atoms with Gasteiger partial charge in [0, 0.05) is 0 Å². The van der Waals surface area contributed by atoms with Crippen LogP contribution in [0.5, 0.6) is 5.75 Å². The highest BCUT2D eigenvalue weighted by molar-refractivity contribution is 6.20. The monoisotopic (exact) mass is 296 g/mol. The van der Waals surface area contributed by atoms with Crippen molar-refractivity contribution in [2.24, 2.45) is 0 Å². The Hall–Kier alpha value is -0.690. The summed E-state index contributed by atoms with van der Waals surface area (Å²) in [5.74, 6) is 0.984. The van der Waals surface area contributed by atoms with Gasteiger partial charge in [-0.2, -0.15) is 0 Å². The molecule has 0 aliphatic heterocycles. The Morgan fingerprint density at radius 3 is 2.10 bits per heavy atom. The van der Waals surface area contributed by atoms with Crippen LogP contribution in [-0.2, 0) is 0 Å². The smallest absolute Gasteiger partial charge is 0.124 e. The molecule has 0 bridgehead atoms. The van der Waals surface area contributed by atoms with Gasteiger partial charge in [0.15, 0.2) is 0 Å². The highest BCUT2D eigenvalue weighted by atomic mass is 35.5. The molecule has 0 fully saturated rings. The fraction of sp³-hybridized carbons (Fsp3) is 0.667. The van der Waals surface area contributed by atoms with E-state index in [1.807, 2.05) is 0 Å². The number of hydrogen-bond donors (Lipinski definition) is 0. The summed E-state index contributed by atoms with van der Waals surface area (Å²) in [7, 11) is 1.73. The summed E-state index contributed by atoms with van der Waals surface area (Å²) in [6.07, 6.45) is 8.98. The van der Waals surface area contributed by atoms with Crippen molar-refractivity contribution in [3.8, 4) is 5.75 Å². The van der Waals surface area contributed by atoms with Crippen molar-refractivity contribution >= 4 is 11.6 Å². The minimum atomic E-state index is 0.129. The maximum atomic E-state index is 6.54. The second-order valence-corrected chi connectivity index (χ2v) is 6.24. The van der Waals surface area contributed by atoms with E-state index >= 15 is 0 Å². The van der Waals surface area contributed by atoms with Gasteiger partial charge < -0.3 is 4.74 Å². The van der Waals surface area contributed by atoms with Crippen molar-refractivity contribution in [2.75, 3.05) is 7.11 Å². The summed E-state index contributed by atoms with van der Waals surface area (Å²) in [6, 6.07) is 4.33. The molecule has 2 heteroatoms.